The van der Waals surface area contributed by atoms with Crippen LogP contribution in [-0.2, 0) is 47.5 Å². The van der Waals surface area contributed by atoms with Crippen LogP contribution in [0.2, 0.25) is 0 Å². The van der Waals surface area contributed by atoms with E-state index >= 15 is 0 Å². The molecule has 22 atom stereocenters. The van der Waals surface area contributed by atoms with Crippen molar-refractivity contribution in [2.75, 3.05) is 33.0 Å². The number of aliphatic hydroxyl groups is 13. The summed E-state index contributed by atoms with van der Waals surface area (Å²) in [6.45, 7) is 1.65. The predicted molar refractivity (Wildman–Crippen MR) is 349 cm³/mol. The van der Waals surface area contributed by atoms with E-state index in [-0.39, 0.29) is 12.3 Å². The second kappa shape index (κ2) is 49.4. The molecule has 0 saturated carbocycles. The van der Waals surface area contributed by atoms with Crippen LogP contribution in [0.3, 0.4) is 0 Å². The van der Waals surface area contributed by atoms with E-state index < -0.39 is 174 Å². The second-order valence-corrected chi connectivity index (χ2v) is 26.8. The Kier molecular flexibility index (Phi) is 44.3. The third-order valence-corrected chi connectivity index (χ3v) is 18.9. The largest absolute Gasteiger partial charge is 0.394 e. The smallest absolute Gasteiger partial charge is 0.220 e. The highest BCUT2D eigenvalue weighted by molar-refractivity contribution is 5.76. The van der Waals surface area contributed by atoms with Gasteiger partial charge in [-0.2, -0.15) is 0 Å². The summed E-state index contributed by atoms with van der Waals surface area (Å²) in [5.41, 5.74) is 0. The molecule has 0 aromatic carbocycles. The summed E-state index contributed by atoms with van der Waals surface area (Å²) in [4.78, 5) is 25.5. The van der Waals surface area contributed by atoms with E-state index in [1.807, 2.05) is 6.08 Å². The van der Waals surface area contributed by atoms with Gasteiger partial charge in [-0.05, 0) is 19.3 Å². The number of carbonyl (C=O) groups is 2. The van der Waals surface area contributed by atoms with Gasteiger partial charge in [-0.25, -0.2) is 0 Å². The quantitative estimate of drug-likeness (QED) is 0.0294. The van der Waals surface area contributed by atoms with Gasteiger partial charge in [0.1, 0.15) is 97.6 Å². The molecule has 0 radical (unpaired) electrons. The molecule has 94 heavy (non-hydrogen) atoms. The van der Waals surface area contributed by atoms with Gasteiger partial charge in [-0.15, -0.1) is 0 Å². The number of nitrogens with one attached hydrogen (secondary N) is 2. The number of carbonyl (C=O) groups excluding carboxylic acids is 2. The van der Waals surface area contributed by atoms with E-state index in [9.17, 15) is 76.0 Å². The van der Waals surface area contributed by atoms with Crippen molar-refractivity contribution < 1.29 is 114 Å². The van der Waals surface area contributed by atoms with Gasteiger partial charge in [0.05, 0.1) is 45.2 Å². The second-order valence-electron chi connectivity index (χ2n) is 26.8. The van der Waals surface area contributed by atoms with Gasteiger partial charge in [0, 0.05) is 13.3 Å². The van der Waals surface area contributed by atoms with Crippen LogP contribution in [0.15, 0.2) is 12.2 Å². The fourth-order valence-electron chi connectivity index (χ4n) is 13.0. The summed E-state index contributed by atoms with van der Waals surface area (Å²) in [6.07, 6.45) is 9.89. The standard InChI is InChI=1S/C69H128N2O23/c1-4-6-8-10-12-14-16-18-19-20-21-22-23-24-25-26-28-30-32-34-36-38-40-53(78)71-47(48(77)39-37-35-33-31-29-27-17-15-13-11-9-7-5-2)45-87-67-60(84)58(82)63(51(43-74)90-67)92-68-61(85)59(83)64(52(44-75)91-68)93-69-62(86)65(56(80)50(42-73)89-69)94-66-54(70-46(3)76)57(81)55(79)49(41-72)88-66/h37,39,47-52,54-69,72-75,77,79-86H,4-36,38,40-45H2,1-3H3,(H,70,76)(H,71,78)/b39-37+/t47-,48+,49+,50+,51+,52+,54+,55-,56-,57+,58+,59+,60?,61+,62+,63+,64-,65-,66-,67+,68-,69+/m0/s1. The lowest BCUT2D eigenvalue weighted by Gasteiger charge is -2.49. The Bertz CT molecular complexity index is 1950. The first kappa shape index (κ1) is 84.3. The fourth-order valence-corrected chi connectivity index (χ4v) is 13.0. The third-order valence-electron chi connectivity index (χ3n) is 18.9. The highest BCUT2D eigenvalue weighted by Gasteiger charge is 2.56. The number of unbranched alkanes of at least 4 members (excludes halogenated alkanes) is 32. The Labute approximate surface area is 559 Å². The van der Waals surface area contributed by atoms with Crippen molar-refractivity contribution in [2.45, 2.75) is 380 Å². The molecular weight excluding hydrogens is 1220 g/mol. The lowest BCUT2D eigenvalue weighted by Crippen LogP contribution is -2.69. The Hall–Kier alpha value is -2.16. The topological polar surface area (TPSA) is 395 Å². The van der Waals surface area contributed by atoms with Crippen molar-refractivity contribution in [3.05, 3.63) is 12.2 Å². The molecule has 0 aliphatic carbocycles. The number of allylic oxidation sites excluding steroid dienone is 1. The molecule has 0 aromatic heterocycles. The number of hydrogen-bond donors (Lipinski definition) is 15. The van der Waals surface area contributed by atoms with Gasteiger partial charge in [0.25, 0.3) is 0 Å². The molecule has 1 unspecified atom stereocenters. The first-order valence-corrected chi connectivity index (χ1v) is 36.4. The minimum Gasteiger partial charge on any atom is -0.394 e. The van der Waals surface area contributed by atoms with Crippen LogP contribution in [0.25, 0.3) is 0 Å². The van der Waals surface area contributed by atoms with E-state index in [4.69, 9.17) is 37.9 Å². The Morgan fingerprint density at radius 2 is 0.777 bits per heavy atom. The molecule has 4 heterocycles. The highest BCUT2D eigenvalue weighted by Crippen LogP contribution is 2.35. The van der Waals surface area contributed by atoms with Gasteiger partial charge in [-0.1, -0.05) is 225 Å². The van der Waals surface area contributed by atoms with E-state index in [1.165, 1.54) is 167 Å². The number of rotatable bonds is 52. The molecule has 15 N–H and O–H groups in total. The molecule has 4 fully saturated rings. The van der Waals surface area contributed by atoms with Crippen LogP contribution in [0, 0.1) is 0 Å². The first-order valence-electron chi connectivity index (χ1n) is 36.4. The Morgan fingerprint density at radius 1 is 0.415 bits per heavy atom. The van der Waals surface area contributed by atoms with E-state index in [2.05, 4.69) is 24.5 Å². The van der Waals surface area contributed by atoms with Crippen LogP contribution in [0.5, 0.6) is 0 Å². The van der Waals surface area contributed by atoms with E-state index in [0.29, 0.717) is 12.8 Å². The zero-order valence-electron chi connectivity index (χ0n) is 57.0. The first-order chi connectivity index (χ1) is 45.5. The maximum absolute atomic E-state index is 13.5. The fraction of sp³-hybridized carbons (Fsp3) is 0.942. The van der Waals surface area contributed by atoms with Crippen LogP contribution in [0.1, 0.15) is 245 Å². The van der Waals surface area contributed by atoms with Crippen LogP contribution >= 0.6 is 0 Å². The minimum absolute atomic E-state index is 0.219. The van der Waals surface area contributed by atoms with Crippen molar-refractivity contribution in [1.82, 2.24) is 10.6 Å². The summed E-state index contributed by atoms with van der Waals surface area (Å²) in [5.74, 6) is -0.999. The van der Waals surface area contributed by atoms with Crippen LogP contribution < -0.4 is 10.6 Å². The Morgan fingerprint density at radius 3 is 1.21 bits per heavy atom. The molecule has 0 bridgehead atoms. The molecular formula is C69H128N2O23. The average Bonchev–Trinajstić information content (AvgIpc) is 0.782. The number of ether oxygens (including phenoxy) is 8. The maximum Gasteiger partial charge on any atom is 0.220 e. The van der Waals surface area contributed by atoms with Crippen molar-refractivity contribution in [3.8, 4) is 0 Å². The van der Waals surface area contributed by atoms with Crippen molar-refractivity contribution >= 4 is 11.8 Å². The minimum atomic E-state index is -2.10. The molecule has 25 heteroatoms. The zero-order chi connectivity index (χ0) is 68.6. The zero-order valence-corrected chi connectivity index (χ0v) is 57.0. The number of hydrogen-bond acceptors (Lipinski definition) is 23. The molecule has 4 aliphatic heterocycles. The molecule has 25 nitrogen and oxygen atoms in total. The summed E-state index contributed by atoms with van der Waals surface area (Å²) < 4.78 is 46.5. The monoisotopic (exact) mass is 1350 g/mol. The van der Waals surface area contributed by atoms with Gasteiger partial charge in [0.15, 0.2) is 25.2 Å². The van der Waals surface area contributed by atoms with Crippen LogP contribution in [-0.4, -0.2) is 246 Å². The predicted octanol–water partition coefficient (Wildman–Crippen LogP) is 4.51. The number of aliphatic hydroxyl groups excluding tert-OH is 13. The van der Waals surface area contributed by atoms with Gasteiger partial charge < -0.3 is 115 Å². The number of amides is 2. The molecule has 552 valence electrons. The lowest BCUT2D eigenvalue weighted by atomic mass is 9.95. The molecule has 2 amide bonds. The van der Waals surface area contributed by atoms with Gasteiger partial charge >= 0.3 is 0 Å². The summed E-state index contributed by atoms with van der Waals surface area (Å²) in [6, 6.07) is -2.53. The average molecular weight is 1350 g/mol. The van der Waals surface area contributed by atoms with E-state index in [1.54, 1.807) is 6.08 Å². The normalized spacial score (nSPS) is 32.2. The summed E-state index contributed by atoms with van der Waals surface area (Å²) in [5, 5.41) is 148. The molecule has 4 aliphatic rings. The molecule has 4 rings (SSSR count). The van der Waals surface area contributed by atoms with Gasteiger partial charge in [0.2, 0.25) is 11.8 Å². The molecule has 0 aromatic rings. The SMILES string of the molecule is CCCCCCCCCCCCC/C=C/[C@@H](O)[C@H](CO[C@@H]1O[C@H](CO)[C@@H](O[C@@H]2O[C@H](CO)[C@H](O[C@H]3O[C@H](CO)[C@H](O)[C@H](O[C@@H]4O[C@H](CO)[C@H](O)[C@H](O)[C@H]4NC(C)=O)[C@H]3O)[C@H](O)[C@H]2O)[C@H](O)C1O)NC(=O)CCCCCCCCCCCCCCCCCCCCCCCC. The van der Waals surface area contributed by atoms with Gasteiger partial charge in [-0.3, -0.25) is 9.59 Å². The maximum atomic E-state index is 13.5. The van der Waals surface area contributed by atoms with Crippen LogP contribution in [0.4, 0.5) is 0 Å². The van der Waals surface area contributed by atoms with E-state index in [0.717, 1.165) is 45.4 Å². The third kappa shape index (κ3) is 30.0. The highest BCUT2D eigenvalue weighted by atomic mass is 16.8. The molecule has 0 spiro atoms. The van der Waals surface area contributed by atoms with Crippen molar-refractivity contribution in [2.24, 2.45) is 0 Å². The van der Waals surface area contributed by atoms with Crippen molar-refractivity contribution in [3.63, 3.8) is 0 Å². The molecule has 4 saturated heterocycles. The lowest BCUT2D eigenvalue weighted by molar-refractivity contribution is -0.386. The Balaban J connectivity index is 1.28. The summed E-state index contributed by atoms with van der Waals surface area (Å²) in [7, 11) is 0. The summed E-state index contributed by atoms with van der Waals surface area (Å²) >= 11 is 0. The van der Waals surface area contributed by atoms with Crippen molar-refractivity contribution in [1.29, 1.82) is 0 Å².